The molecule has 0 radical (unpaired) electrons. The predicted molar refractivity (Wildman–Crippen MR) is 399 cm³/mol. The van der Waals surface area contributed by atoms with E-state index in [-0.39, 0.29) is 25.7 Å². The van der Waals surface area contributed by atoms with E-state index in [9.17, 15) is 43.2 Å². The van der Waals surface area contributed by atoms with Crippen LogP contribution in [0.4, 0.5) is 0 Å². The summed E-state index contributed by atoms with van der Waals surface area (Å²) in [7, 11) is -9.97. The molecule has 0 aromatic rings. The van der Waals surface area contributed by atoms with Crippen molar-refractivity contribution in [3.63, 3.8) is 0 Å². The highest BCUT2D eigenvalue weighted by Gasteiger charge is 2.30. The van der Waals surface area contributed by atoms with Gasteiger partial charge in [-0.15, -0.1) is 0 Å². The Morgan fingerprint density at radius 2 is 0.520 bits per heavy atom. The predicted octanol–water partition coefficient (Wildman–Crippen LogP) is 22.0. The van der Waals surface area contributed by atoms with Gasteiger partial charge in [0.15, 0.2) is 12.2 Å². The second-order valence-corrected chi connectivity index (χ2v) is 28.5. The summed E-state index contributed by atoms with van der Waals surface area (Å²) in [6.45, 7) is 4.70. The van der Waals surface area contributed by atoms with Gasteiger partial charge >= 0.3 is 39.5 Å². The van der Waals surface area contributed by atoms with Gasteiger partial charge in [0, 0.05) is 25.7 Å². The number of aliphatic hydroxyl groups excluding tert-OH is 1. The fraction of sp³-hybridized carbons (Fsp3) is 0.747. The number of ether oxygens (including phenoxy) is 4. The lowest BCUT2D eigenvalue weighted by Crippen LogP contribution is -2.30. The normalized spacial score (nSPS) is 14.5. The third-order valence-electron chi connectivity index (χ3n) is 16.0. The molecule has 0 saturated heterocycles. The maximum absolute atomic E-state index is 13.1. The lowest BCUT2D eigenvalue weighted by Gasteiger charge is -2.21. The Balaban J connectivity index is 5.40. The number of hydrogen-bond acceptors (Lipinski definition) is 15. The van der Waals surface area contributed by atoms with Gasteiger partial charge in [0.1, 0.15) is 19.3 Å². The van der Waals surface area contributed by atoms with Crippen molar-refractivity contribution in [3.8, 4) is 0 Å². The van der Waals surface area contributed by atoms with E-state index in [0.717, 1.165) is 141 Å². The number of carbonyl (C=O) groups excluding carboxylic acids is 4. The molecule has 0 fully saturated rings. The minimum atomic E-state index is -4.99. The van der Waals surface area contributed by atoms with E-state index in [4.69, 9.17) is 37.0 Å². The van der Waals surface area contributed by atoms with Crippen LogP contribution in [0.25, 0.3) is 0 Å². The second kappa shape index (κ2) is 71.4. The first-order valence-electron chi connectivity index (χ1n) is 38.5. The molecule has 98 heavy (non-hydrogen) atoms. The van der Waals surface area contributed by atoms with E-state index in [1.807, 2.05) is 12.2 Å². The summed E-state index contributed by atoms with van der Waals surface area (Å²) < 4.78 is 68.3. The van der Waals surface area contributed by atoms with Crippen LogP contribution in [0.2, 0.25) is 0 Å². The molecule has 0 aromatic carbocycles. The maximum Gasteiger partial charge on any atom is 0.472 e. The fourth-order valence-corrected chi connectivity index (χ4v) is 11.6. The molecule has 0 aliphatic carbocycles. The Labute approximate surface area is 595 Å². The van der Waals surface area contributed by atoms with Crippen LogP contribution in [-0.4, -0.2) is 96.7 Å². The molecule has 17 nitrogen and oxygen atoms in total. The molecule has 0 aliphatic heterocycles. The zero-order chi connectivity index (χ0) is 71.8. The van der Waals surface area contributed by atoms with Crippen molar-refractivity contribution in [1.29, 1.82) is 0 Å². The number of hydrogen-bond donors (Lipinski definition) is 3. The second-order valence-electron chi connectivity index (χ2n) is 25.6. The highest BCUT2D eigenvalue weighted by atomic mass is 31.2. The van der Waals surface area contributed by atoms with Crippen molar-refractivity contribution < 1.29 is 80.2 Å². The summed E-state index contributed by atoms with van der Waals surface area (Å²) in [5.41, 5.74) is 0. The van der Waals surface area contributed by atoms with Gasteiger partial charge < -0.3 is 33.8 Å². The number of rotatable bonds is 72. The van der Waals surface area contributed by atoms with Crippen molar-refractivity contribution in [2.45, 2.75) is 341 Å². The van der Waals surface area contributed by atoms with E-state index in [1.165, 1.54) is 96.3 Å². The zero-order valence-electron chi connectivity index (χ0n) is 61.7. The van der Waals surface area contributed by atoms with Gasteiger partial charge in [-0.05, 0) is 141 Å². The minimum absolute atomic E-state index is 0.0365. The lowest BCUT2D eigenvalue weighted by molar-refractivity contribution is -0.161. The molecule has 0 bridgehead atoms. The highest BCUT2D eigenvalue weighted by Crippen LogP contribution is 2.45. The van der Waals surface area contributed by atoms with Crippen molar-refractivity contribution in [3.05, 3.63) is 97.2 Å². The number of unbranched alkanes of at least 4 members (excludes halogenated alkanes) is 30. The first-order valence-corrected chi connectivity index (χ1v) is 41.5. The van der Waals surface area contributed by atoms with Crippen molar-refractivity contribution in [2.24, 2.45) is 0 Å². The van der Waals surface area contributed by atoms with E-state index in [1.54, 1.807) is 0 Å². The number of esters is 4. The van der Waals surface area contributed by atoms with Crippen molar-refractivity contribution >= 4 is 39.5 Å². The molecule has 0 aliphatic rings. The van der Waals surface area contributed by atoms with Crippen LogP contribution in [0.5, 0.6) is 0 Å². The van der Waals surface area contributed by atoms with Crippen LogP contribution >= 0.6 is 15.6 Å². The highest BCUT2D eigenvalue weighted by molar-refractivity contribution is 7.47. The summed E-state index contributed by atoms with van der Waals surface area (Å²) in [4.78, 5) is 72.8. The Morgan fingerprint density at radius 3 is 0.857 bits per heavy atom. The molecule has 0 amide bonds. The van der Waals surface area contributed by atoms with Crippen molar-refractivity contribution in [2.75, 3.05) is 39.6 Å². The molecular weight excluding hydrogens is 1280 g/mol. The molecule has 3 N–H and O–H groups in total. The van der Waals surface area contributed by atoms with Crippen LogP contribution < -0.4 is 0 Å². The Morgan fingerprint density at radius 1 is 0.286 bits per heavy atom. The molecule has 566 valence electrons. The molecule has 19 heteroatoms. The molecule has 2 unspecified atom stereocenters. The summed E-state index contributed by atoms with van der Waals surface area (Å²) >= 11 is 0. The average Bonchev–Trinajstić information content (AvgIpc) is 0.966. The molecule has 0 heterocycles. The average molecular weight is 1420 g/mol. The van der Waals surface area contributed by atoms with E-state index >= 15 is 0 Å². The Bertz CT molecular complexity index is 2240. The third kappa shape index (κ3) is 70.4. The number of phosphoric acid groups is 2. The Hall–Kier alpha value is -4.02. The minimum Gasteiger partial charge on any atom is -0.462 e. The fourth-order valence-electron chi connectivity index (χ4n) is 10.1. The lowest BCUT2D eigenvalue weighted by atomic mass is 10.1. The zero-order valence-corrected chi connectivity index (χ0v) is 63.5. The van der Waals surface area contributed by atoms with E-state index in [2.05, 4.69) is 113 Å². The number of phosphoric ester groups is 2. The topological polar surface area (TPSA) is 237 Å². The van der Waals surface area contributed by atoms with Crippen molar-refractivity contribution in [1.82, 2.24) is 0 Å². The third-order valence-corrected chi connectivity index (χ3v) is 17.9. The molecule has 5 atom stereocenters. The van der Waals surface area contributed by atoms with Crippen LogP contribution in [0.1, 0.15) is 323 Å². The Kier molecular flexibility index (Phi) is 68.4. The number of allylic oxidation sites excluding steroid dienone is 16. The van der Waals surface area contributed by atoms with Gasteiger partial charge in [0.25, 0.3) is 0 Å². The molecular formula is C79H138O17P2. The summed E-state index contributed by atoms with van der Waals surface area (Å²) in [6.07, 6.45) is 74.1. The van der Waals surface area contributed by atoms with Gasteiger partial charge in [-0.3, -0.25) is 37.3 Å². The van der Waals surface area contributed by atoms with Crippen LogP contribution in [-0.2, 0) is 65.4 Å². The van der Waals surface area contributed by atoms with Gasteiger partial charge in [0.05, 0.1) is 26.4 Å². The van der Waals surface area contributed by atoms with E-state index < -0.39 is 97.5 Å². The van der Waals surface area contributed by atoms with E-state index in [0.29, 0.717) is 32.1 Å². The quantitative estimate of drug-likeness (QED) is 0.0169. The van der Waals surface area contributed by atoms with Gasteiger partial charge in [0.2, 0.25) is 0 Å². The standard InChI is InChI=1S/C79H138O17P2/c1-5-9-13-17-21-25-29-33-34-35-36-37-38-42-44-48-52-56-60-64-77(82)90-70-75(96-79(84)66-62-58-54-50-46-41-32-28-24-20-16-12-8-4)72-94-98(87,88)92-68-73(80)67-91-97(85,86)93-71-74(95-78(83)65-61-57-53-49-45-40-31-27-23-19-15-11-7-3)69-89-76(81)63-59-55-51-47-43-39-30-26-22-18-14-10-6-2/h21,25-28,30-34,36-37,42,44,52,56,73-75,80H,5-20,22-24,29,35,38-41,43,45-51,53-55,57-72H2,1-4H3,(H,85,86)(H,87,88)/b25-21-,30-26-,31-27-,32-28-,34-33-,37-36-,44-42-,56-52-/t73-,74+,75+/m0/s1. The molecule has 0 saturated carbocycles. The van der Waals surface area contributed by atoms with Gasteiger partial charge in [-0.25, -0.2) is 9.13 Å². The monoisotopic (exact) mass is 1420 g/mol. The summed E-state index contributed by atoms with van der Waals surface area (Å²) in [6, 6.07) is 0. The molecule has 0 rings (SSSR count). The number of carbonyl (C=O) groups is 4. The van der Waals surface area contributed by atoms with Gasteiger partial charge in [-0.2, -0.15) is 0 Å². The largest absolute Gasteiger partial charge is 0.472 e. The number of aliphatic hydroxyl groups is 1. The SMILES string of the molecule is CCCCC/C=C\C/C=C\C/C=C\C/C=C\C/C=C\CCC(=O)OC[C@H](COP(=O)(O)OC[C@@H](O)COP(=O)(O)OC[C@@H](COC(=O)CCCCCCC/C=C\CCCCCC)OC(=O)CCCCCCC/C=C\CCCCCC)OC(=O)CCCCCCC/C=C\CCCCCC. The van der Waals surface area contributed by atoms with Crippen LogP contribution in [0.3, 0.4) is 0 Å². The summed E-state index contributed by atoms with van der Waals surface area (Å²) in [5.74, 6) is -2.29. The smallest absolute Gasteiger partial charge is 0.462 e. The molecule has 0 spiro atoms. The first kappa shape index (κ1) is 94.0. The molecule has 0 aromatic heterocycles. The summed E-state index contributed by atoms with van der Waals surface area (Å²) in [5, 5.41) is 10.6. The van der Waals surface area contributed by atoms with Crippen LogP contribution in [0, 0.1) is 0 Å². The first-order chi connectivity index (χ1) is 47.7. The maximum atomic E-state index is 13.1. The van der Waals surface area contributed by atoms with Crippen LogP contribution in [0.15, 0.2) is 97.2 Å². The van der Waals surface area contributed by atoms with Gasteiger partial charge in [-0.1, -0.05) is 253 Å².